The summed E-state index contributed by atoms with van der Waals surface area (Å²) in [4.78, 5) is 25.2. The standard InChI is InChI=1S/C17H14F4N2O2/c1-2-23(17(25)10-6-11(18)8-12(19)7-10)9-15(24)22-16-13(20)4-3-5-14(16)21/h3-8H,2,9H2,1H3,(H,22,24). The van der Waals surface area contributed by atoms with Gasteiger partial charge in [-0.1, -0.05) is 6.07 Å². The van der Waals surface area contributed by atoms with Crippen LogP contribution in [0.4, 0.5) is 23.2 Å². The lowest BCUT2D eigenvalue weighted by Gasteiger charge is -2.20. The Morgan fingerprint density at radius 2 is 1.56 bits per heavy atom. The van der Waals surface area contributed by atoms with E-state index in [-0.39, 0.29) is 12.1 Å². The highest BCUT2D eigenvalue weighted by Crippen LogP contribution is 2.18. The number of carbonyl (C=O) groups is 2. The summed E-state index contributed by atoms with van der Waals surface area (Å²) in [6.07, 6.45) is 0. The molecule has 0 saturated heterocycles. The monoisotopic (exact) mass is 354 g/mol. The van der Waals surface area contributed by atoms with E-state index in [1.165, 1.54) is 0 Å². The molecule has 0 unspecified atom stereocenters. The molecule has 0 aliphatic heterocycles. The SMILES string of the molecule is CCN(CC(=O)Nc1c(F)cccc1F)C(=O)c1cc(F)cc(F)c1. The summed E-state index contributed by atoms with van der Waals surface area (Å²) in [6.45, 7) is 1.05. The first-order valence-corrected chi connectivity index (χ1v) is 7.31. The van der Waals surface area contributed by atoms with Crippen molar-refractivity contribution in [2.75, 3.05) is 18.4 Å². The molecule has 1 N–H and O–H groups in total. The number of rotatable bonds is 5. The van der Waals surface area contributed by atoms with E-state index in [1.54, 1.807) is 6.92 Å². The van der Waals surface area contributed by atoms with E-state index in [2.05, 4.69) is 0 Å². The molecule has 0 heterocycles. The lowest BCUT2D eigenvalue weighted by molar-refractivity contribution is -0.116. The van der Waals surface area contributed by atoms with Crippen molar-refractivity contribution in [1.82, 2.24) is 4.90 Å². The molecule has 4 nitrogen and oxygen atoms in total. The maximum atomic E-state index is 13.5. The largest absolute Gasteiger partial charge is 0.330 e. The molecule has 25 heavy (non-hydrogen) atoms. The fraction of sp³-hybridized carbons (Fsp3) is 0.176. The molecule has 132 valence electrons. The van der Waals surface area contributed by atoms with Crippen molar-refractivity contribution in [3.05, 3.63) is 65.2 Å². The third kappa shape index (κ3) is 4.56. The summed E-state index contributed by atoms with van der Waals surface area (Å²) in [5.41, 5.74) is -0.906. The molecular weight excluding hydrogens is 340 g/mol. The van der Waals surface area contributed by atoms with Crippen LogP contribution < -0.4 is 5.32 Å². The van der Waals surface area contributed by atoms with Gasteiger partial charge in [0.15, 0.2) is 0 Å². The molecule has 0 saturated carbocycles. The minimum atomic E-state index is -0.963. The van der Waals surface area contributed by atoms with Crippen molar-refractivity contribution < 1.29 is 27.2 Å². The average molecular weight is 354 g/mol. The van der Waals surface area contributed by atoms with Crippen LogP contribution in [-0.4, -0.2) is 29.8 Å². The zero-order chi connectivity index (χ0) is 18.6. The second-order valence-electron chi connectivity index (χ2n) is 5.12. The highest BCUT2D eigenvalue weighted by atomic mass is 19.1. The van der Waals surface area contributed by atoms with Gasteiger partial charge in [0.05, 0.1) is 0 Å². The van der Waals surface area contributed by atoms with Gasteiger partial charge in [-0.2, -0.15) is 0 Å². The molecule has 2 rings (SSSR count). The first-order chi connectivity index (χ1) is 11.8. The molecule has 0 aliphatic rings. The number of hydrogen-bond donors (Lipinski definition) is 1. The van der Waals surface area contributed by atoms with E-state index in [4.69, 9.17) is 0 Å². The van der Waals surface area contributed by atoms with Crippen molar-refractivity contribution in [1.29, 1.82) is 0 Å². The maximum absolute atomic E-state index is 13.5. The number of amides is 2. The van der Waals surface area contributed by atoms with Gasteiger partial charge in [-0.15, -0.1) is 0 Å². The van der Waals surface area contributed by atoms with E-state index in [9.17, 15) is 27.2 Å². The molecule has 0 fully saturated rings. The molecule has 0 bridgehead atoms. The summed E-state index contributed by atoms with van der Waals surface area (Å²) in [6, 6.07) is 5.36. The van der Waals surface area contributed by atoms with Crippen LogP contribution in [0.1, 0.15) is 17.3 Å². The normalized spacial score (nSPS) is 10.4. The number of anilines is 1. The number of carbonyl (C=O) groups excluding carboxylic acids is 2. The van der Waals surface area contributed by atoms with Crippen molar-refractivity contribution in [2.45, 2.75) is 6.92 Å². The zero-order valence-corrected chi connectivity index (χ0v) is 13.2. The van der Waals surface area contributed by atoms with Gasteiger partial charge in [-0.25, -0.2) is 17.6 Å². The average Bonchev–Trinajstić information content (AvgIpc) is 2.54. The van der Waals surface area contributed by atoms with E-state index >= 15 is 0 Å². The molecule has 0 aliphatic carbocycles. The van der Waals surface area contributed by atoms with Crippen LogP contribution in [0, 0.1) is 23.3 Å². The van der Waals surface area contributed by atoms with Gasteiger partial charge < -0.3 is 10.2 Å². The second kappa shape index (κ2) is 7.78. The van der Waals surface area contributed by atoms with Crippen molar-refractivity contribution in [2.24, 2.45) is 0 Å². The van der Waals surface area contributed by atoms with Gasteiger partial charge >= 0.3 is 0 Å². The first kappa shape index (κ1) is 18.4. The van der Waals surface area contributed by atoms with Gasteiger partial charge in [-0.05, 0) is 31.2 Å². The topological polar surface area (TPSA) is 49.4 Å². The maximum Gasteiger partial charge on any atom is 0.254 e. The Bertz CT molecular complexity index is 771. The van der Waals surface area contributed by atoms with Gasteiger partial charge in [0.25, 0.3) is 5.91 Å². The molecule has 2 aromatic rings. The van der Waals surface area contributed by atoms with E-state index < -0.39 is 47.3 Å². The molecule has 2 amide bonds. The summed E-state index contributed by atoms with van der Waals surface area (Å²) in [5.74, 6) is -5.43. The van der Waals surface area contributed by atoms with Gasteiger partial charge in [0.2, 0.25) is 5.91 Å². The van der Waals surface area contributed by atoms with Crippen LogP contribution >= 0.6 is 0 Å². The molecule has 8 heteroatoms. The van der Waals surface area contributed by atoms with Crippen LogP contribution in [-0.2, 0) is 4.79 Å². The van der Waals surface area contributed by atoms with Crippen molar-refractivity contribution in [3.8, 4) is 0 Å². The third-order valence-electron chi connectivity index (χ3n) is 3.34. The minimum Gasteiger partial charge on any atom is -0.330 e. The smallest absolute Gasteiger partial charge is 0.254 e. The quantitative estimate of drug-likeness (QED) is 0.838. The Kier molecular flexibility index (Phi) is 5.74. The van der Waals surface area contributed by atoms with Gasteiger partial charge in [0.1, 0.15) is 35.5 Å². The Labute approximate surface area is 141 Å². The van der Waals surface area contributed by atoms with E-state index in [1.807, 2.05) is 5.32 Å². The first-order valence-electron chi connectivity index (χ1n) is 7.31. The number of nitrogens with one attached hydrogen (secondary N) is 1. The Hall–Kier alpha value is -2.90. The predicted octanol–water partition coefficient (Wildman–Crippen LogP) is 3.34. The third-order valence-corrected chi connectivity index (χ3v) is 3.34. The lowest BCUT2D eigenvalue weighted by Crippen LogP contribution is -2.38. The van der Waals surface area contributed by atoms with Crippen LogP contribution in [0.3, 0.4) is 0 Å². The Morgan fingerprint density at radius 3 is 2.08 bits per heavy atom. The minimum absolute atomic E-state index is 0.0458. The number of nitrogens with zero attached hydrogens (tertiary/aromatic N) is 1. The van der Waals surface area contributed by atoms with Gasteiger partial charge in [0, 0.05) is 18.2 Å². The van der Waals surface area contributed by atoms with Crippen molar-refractivity contribution >= 4 is 17.5 Å². The fourth-order valence-corrected chi connectivity index (χ4v) is 2.16. The zero-order valence-electron chi connectivity index (χ0n) is 13.2. The van der Waals surface area contributed by atoms with Crippen LogP contribution in [0.5, 0.6) is 0 Å². The second-order valence-corrected chi connectivity index (χ2v) is 5.12. The molecular formula is C17H14F4N2O2. The highest BCUT2D eigenvalue weighted by Gasteiger charge is 2.20. The van der Waals surface area contributed by atoms with Crippen LogP contribution in [0.25, 0.3) is 0 Å². The lowest BCUT2D eigenvalue weighted by atomic mass is 10.2. The Balaban J connectivity index is 2.13. The molecule has 0 aromatic heterocycles. The highest BCUT2D eigenvalue weighted by molar-refractivity contribution is 5.99. The number of para-hydroxylation sites is 1. The van der Waals surface area contributed by atoms with E-state index in [0.29, 0.717) is 6.07 Å². The predicted molar refractivity (Wildman–Crippen MR) is 82.9 cm³/mol. The van der Waals surface area contributed by atoms with Crippen molar-refractivity contribution in [3.63, 3.8) is 0 Å². The number of likely N-dealkylation sites (N-methyl/N-ethyl adjacent to an activating group) is 1. The van der Waals surface area contributed by atoms with E-state index in [0.717, 1.165) is 35.2 Å². The number of halogens is 4. The molecule has 2 aromatic carbocycles. The summed E-state index contributed by atoms with van der Waals surface area (Å²) in [5, 5.41) is 2.04. The molecule has 0 radical (unpaired) electrons. The van der Waals surface area contributed by atoms with Crippen LogP contribution in [0.2, 0.25) is 0 Å². The number of hydrogen-bond acceptors (Lipinski definition) is 2. The Morgan fingerprint density at radius 1 is 1.00 bits per heavy atom. The fourth-order valence-electron chi connectivity index (χ4n) is 2.16. The van der Waals surface area contributed by atoms with Gasteiger partial charge in [-0.3, -0.25) is 9.59 Å². The summed E-state index contributed by atoms with van der Waals surface area (Å²) < 4.78 is 53.5. The molecule has 0 atom stereocenters. The summed E-state index contributed by atoms with van der Waals surface area (Å²) >= 11 is 0. The molecule has 0 spiro atoms. The number of benzene rings is 2. The summed E-state index contributed by atoms with van der Waals surface area (Å²) in [7, 11) is 0. The van der Waals surface area contributed by atoms with Crippen LogP contribution in [0.15, 0.2) is 36.4 Å².